The van der Waals surface area contributed by atoms with Crippen molar-refractivity contribution in [2.75, 3.05) is 5.73 Å². The highest BCUT2D eigenvalue weighted by molar-refractivity contribution is 7.15. The lowest BCUT2D eigenvalue weighted by Gasteiger charge is -2.24. The van der Waals surface area contributed by atoms with Crippen LogP contribution in [0.5, 0.6) is 0 Å². The van der Waals surface area contributed by atoms with Gasteiger partial charge in [-0.05, 0) is 12.8 Å². The molecule has 4 heteroatoms. The Bertz CT molecular complexity index is 274. The molecule has 0 radical (unpaired) electrons. The van der Waals surface area contributed by atoms with E-state index in [1.165, 1.54) is 11.3 Å². The zero-order valence-corrected chi connectivity index (χ0v) is 8.90. The van der Waals surface area contributed by atoms with E-state index in [0.29, 0.717) is 11.6 Å². The first-order chi connectivity index (χ1) is 6.12. The summed E-state index contributed by atoms with van der Waals surface area (Å²) in [5, 5.41) is 10.7. The standard InChI is InChI=1S/C9H16N2OS/c1-3-5-9(12,4-2)7-6-11-8(10)13-7/h6,12H,3-5H2,1-2H3,(H2,10,11). The maximum atomic E-state index is 10.2. The summed E-state index contributed by atoms with van der Waals surface area (Å²) in [4.78, 5) is 4.83. The molecule has 3 nitrogen and oxygen atoms in total. The lowest BCUT2D eigenvalue weighted by molar-refractivity contribution is 0.0261. The Morgan fingerprint density at radius 2 is 2.31 bits per heavy atom. The largest absolute Gasteiger partial charge is 0.384 e. The Morgan fingerprint density at radius 1 is 1.62 bits per heavy atom. The van der Waals surface area contributed by atoms with Gasteiger partial charge in [0.05, 0.1) is 4.88 Å². The van der Waals surface area contributed by atoms with E-state index in [1.54, 1.807) is 6.20 Å². The molecule has 1 unspecified atom stereocenters. The Morgan fingerprint density at radius 3 is 2.69 bits per heavy atom. The predicted molar refractivity (Wildman–Crippen MR) is 55.6 cm³/mol. The number of aromatic nitrogens is 1. The number of nitrogens with two attached hydrogens (primary N) is 1. The van der Waals surface area contributed by atoms with Gasteiger partial charge in [0.25, 0.3) is 0 Å². The Kier molecular flexibility index (Phi) is 3.27. The van der Waals surface area contributed by atoms with Gasteiger partial charge in [0.2, 0.25) is 0 Å². The number of rotatable bonds is 4. The van der Waals surface area contributed by atoms with Gasteiger partial charge in [0.1, 0.15) is 5.60 Å². The predicted octanol–water partition coefficient (Wildman–Crippen LogP) is 2.12. The summed E-state index contributed by atoms with van der Waals surface area (Å²) in [6.07, 6.45) is 4.12. The molecule has 0 aliphatic heterocycles. The number of nitrogens with zero attached hydrogens (tertiary/aromatic N) is 1. The van der Waals surface area contributed by atoms with E-state index >= 15 is 0 Å². The van der Waals surface area contributed by atoms with Crippen LogP contribution in [0.2, 0.25) is 0 Å². The third kappa shape index (κ3) is 2.19. The third-order valence-corrected chi connectivity index (χ3v) is 3.25. The monoisotopic (exact) mass is 200 g/mol. The SMILES string of the molecule is CCCC(O)(CC)c1cnc(N)s1. The maximum Gasteiger partial charge on any atom is 0.180 e. The third-order valence-electron chi connectivity index (χ3n) is 2.23. The fourth-order valence-corrected chi connectivity index (χ4v) is 2.26. The van der Waals surface area contributed by atoms with Crippen molar-refractivity contribution in [3.8, 4) is 0 Å². The molecule has 0 aromatic carbocycles. The highest BCUT2D eigenvalue weighted by Gasteiger charge is 2.28. The van der Waals surface area contributed by atoms with Crippen LogP contribution in [0.15, 0.2) is 6.20 Å². The zero-order valence-electron chi connectivity index (χ0n) is 8.08. The van der Waals surface area contributed by atoms with Crippen molar-refractivity contribution in [3.63, 3.8) is 0 Å². The minimum Gasteiger partial charge on any atom is -0.384 e. The van der Waals surface area contributed by atoms with Crippen molar-refractivity contribution in [2.24, 2.45) is 0 Å². The lowest BCUT2D eigenvalue weighted by atomic mass is 9.94. The van der Waals surface area contributed by atoms with Crippen molar-refractivity contribution < 1.29 is 5.11 Å². The van der Waals surface area contributed by atoms with Crippen LogP contribution in [0.3, 0.4) is 0 Å². The number of hydrogen-bond acceptors (Lipinski definition) is 4. The molecule has 0 bridgehead atoms. The summed E-state index contributed by atoms with van der Waals surface area (Å²) in [6.45, 7) is 4.04. The van der Waals surface area contributed by atoms with Gasteiger partial charge in [-0.3, -0.25) is 0 Å². The van der Waals surface area contributed by atoms with Crippen LogP contribution in [-0.4, -0.2) is 10.1 Å². The molecule has 1 rings (SSSR count). The minimum atomic E-state index is -0.718. The summed E-state index contributed by atoms with van der Waals surface area (Å²) in [5.74, 6) is 0. The fourth-order valence-electron chi connectivity index (χ4n) is 1.39. The first kappa shape index (κ1) is 10.5. The molecular weight excluding hydrogens is 184 g/mol. The van der Waals surface area contributed by atoms with E-state index in [2.05, 4.69) is 11.9 Å². The Hall–Kier alpha value is -0.610. The first-order valence-corrected chi connectivity index (χ1v) is 5.38. The molecule has 13 heavy (non-hydrogen) atoms. The van der Waals surface area contributed by atoms with Gasteiger partial charge in [0, 0.05) is 6.20 Å². The number of anilines is 1. The molecule has 0 spiro atoms. The van der Waals surface area contributed by atoms with E-state index in [0.717, 1.165) is 17.7 Å². The molecule has 0 aliphatic rings. The Labute approximate surface area is 82.6 Å². The number of aliphatic hydroxyl groups is 1. The minimum absolute atomic E-state index is 0.526. The van der Waals surface area contributed by atoms with Crippen LogP contribution >= 0.6 is 11.3 Å². The normalized spacial score (nSPS) is 15.6. The van der Waals surface area contributed by atoms with Crippen LogP contribution in [0.4, 0.5) is 5.13 Å². The molecule has 1 atom stereocenters. The summed E-state index contributed by atoms with van der Waals surface area (Å²) >= 11 is 1.38. The topological polar surface area (TPSA) is 59.1 Å². The molecule has 0 saturated carbocycles. The summed E-state index contributed by atoms with van der Waals surface area (Å²) < 4.78 is 0. The second-order valence-corrected chi connectivity index (χ2v) is 4.26. The van der Waals surface area contributed by atoms with Crippen LogP contribution in [0, 0.1) is 0 Å². The maximum absolute atomic E-state index is 10.2. The summed E-state index contributed by atoms with van der Waals surface area (Å²) in [5.41, 5.74) is 4.80. The average molecular weight is 200 g/mol. The molecular formula is C9H16N2OS. The van der Waals surface area contributed by atoms with Crippen LogP contribution < -0.4 is 5.73 Å². The molecule has 1 aromatic heterocycles. The number of hydrogen-bond donors (Lipinski definition) is 2. The lowest BCUT2D eigenvalue weighted by Crippen LogP contribution is -2.22. The second kappa shape index (κ2) is 4.07. The summed E-state index contributed by atoms with van der Waals surface area (Å²) in [7, 11) is 0. The van der Waals surface area contributed by atoms with Crippen molar-refractivity contribution in [1.29, 1.82) is 0 Å². The van der Waals surface area contributed by atoms with Gasteiger partial charge >= 0.3 is 0 Å². The smallest absolute Gasteiger partial charge is 0.180 e. The van der Waals surface area contributed by atoms with Crippen LogP contribution in [0.25, 0.3) is 0 Å². The van der Waals surface area contributed by atoms with Crippen LogP contribution in [-0.2, 0) is 5.60 Å². The molecule has 0 aliphatic carbocycles. The molecule has 1 aromatic rings. The summed E-state index contributed by atoms with van der Waals surface area (Å²) in [6, 6.07) is 0. The molecule has 74 valence electrons. The van der Waals surface area contributed by atoms with Gasteiger partial charge in [-0.25, -0.2) is 4.98 Å². The first-order valence-electron chi connectivity index (χ1n) is 4.56. The molecule has 0 fully saturated rings. The Balaban J connectivity index is 2.88. The van der Waals surface area contributed by atoms with E-state index in [-0.39, 0.29) is 0 Å². The number of thiazole rings is 1. The molecule has 0 amide bonds. The van der Waals surface area contributed by atoms with Gasteiger partial charge in [-0.2, -0.15) is 0 Å². The van der Waals surface area contributed by atoms with Crippen molar-refractivity contribution in [1.82, 2.24) is 4.98 Å². The van der Waals surface area contributed by atoms with Gasteiger partial charge in [-0.15, -0.1) is 0 Å². The van der Waals surface area contributed by atoms with Crippen molar-refractivity contribution >= 4 is 16.5 Å². The zero-order chi connectivity index (χ0) is 9.90. The van der Waals surface area contributed by atoms with Gasteiger partial charge in [-0.1, -0.05) is 31.6 Å². The highest BCUT2D eigenvalue weighted by atomic mass is 32.1. The van der Waals surface area contributed by atoms with E-state index in [9.17, 15) is 5.11 Å². The highest BCUT2D eigenvalue weighted by Crippen LogP contribution is 2.34. The number of nitrogen functional groups attached to an aromatic ring is 1. The van der Waals surface area contributed by atoms with E-state index < -0.39 is 5.60 Å². The average Bonchev–Trinajstić information content (AvgIpc) is 2.52. The van der Waals surface area contributed by atoms with Gasteiger partial charge in [0.15, 0.2) is 5.13 Å². The van der Waals surface area contributed by atoms with E-state index in [1.807, 2.05) is 6.92 Å². The van der Waals surface area contributed by atoms with Gasteiger partial charge < -0.3 is 10.8 Å². The molecule has 3 N–H and O–H groups in total. The fraction of sp³-hybridized carbons (Fsp3) is 0.667. The quantitative estimate of drug-likeness (QED) is 0.782. The molecule has 0 saturated heterocycles. The van der Waals surface area contributed by atoms with Crippen molar-refractivity contribution in [3.05, 3.63) is 11.1 Å². The van der Waals surface area contributed by atoms with Crippen LogP contribution in [0.1, 0.15) is 38.0 Å². The molecule has 1 heterocycles. The van der Waals surface area contributed by atoms with E-state index in [4.69, 9.17) is 5.73 Å². The van der Waals surface area contributed by atoms with Crippen molar-refractivity contribution in [2.45, 2.75) is 38.7 Å². The second-order valence-electron chi connectivity index (χ2n) is 3.20.